The van der Waals surface area contributed by atoms with Gasteiger partial charge in [-0.2, -0.15) is 5.10 Å². The minimum atomic E-state index is -0.264. The Morgan fingerprint density at radius 1 is 0.931 bits per heavy atom. The Bertz CT molecular complexity index is 1000. The number of hydrogen-bond acceptors (Lipinski definition) is 4. The van der Waals surface area contributed by atoms with E-state index in [1.165, 1.54) is 0 Å². The van der Waals surface area contributed by atoms with Crippen molar-refractivity contribution >= 4 is 65.6 Å². The smallest absolute Gasteiger partial charge is 0.259 e. The van der Waals surface area contributed by atoms with E-state index in [1.54, 1.807) is 6.21 Å². The van der Waals surface area contributed by atoms with Crippen LogP contribution in [0.4, 0.5) is 5.69 Å². The first-order valence-electron chi connectivity index (χ1n) is 8.54. The monoisotopic (exact) mass is 579 g/mol. The first kappa shape index (κ1) is 21.5. The highest BCUT2D eigenvalue weighted by molar-refractivity contribution is 9.11. The van der Waals surface area contributed by atoms with Crippen LogP contribution in [0.15, 0.2) is 85.2 Å². The van der Waals surface area contributed by atoms with Crippen molar-refractivity contribution in [2.45, 2.75) is 0 Å². The van der Waals surface area contributed by atoms with Gasteiger partial charge in [0.05, 0.1) is 18.4 Å². The highest BCUT2D eigenvalue weighted by atomic mass is 79.9. The summed E-state index contributed by atoms with van der Waals surface area (Å²) in [5, 5.41) is 7.08. The van der Waals surface area contributed by atoms with Crippen LogP contribution in [0.3, 0.4) is 0 Å². The van der Waals surface area contributed by atoms with Crippen LogP contribution in [-0.2, 0) is 4.79 Å². The predicted molar refractivity (Wildman–Crippen MR) is 127 cm³/mol. The summed E-state index contributed by atoms with van der Waals surface area (Å²) in [6.07, 6.45) is 1.57. The molecular formula is C21H16Br3N3O2. The molecule has 0 saturated heterocycles. The number of rotatable bonds is 7. The summed E-state index contributed by atoms with van der Waals surface area (Å²) < 4.78 is 8.40. The maximum absolute atomic E-state index is 12.1. The zero-order valence-electron chi connectivity index (χ0n) is 15.0. The van der Waals surface area contributed by atoms with Gasteiger partial charge >= 0.3 is 0 Å². The predicted octanol–water partition coefficient (Wildman–Crippen LogP) is 6.33. The molecule has 0 heterocycles. The summed E-state index contributed by atoms with van der Waals surface area (Å²) in [4.78, 5) is 12.1. The zero-order chi connectivity index (χ0) is 20.6. The number of nitrogens with one attached hydrogen (secondary N) is 2. The van der Waals surface area contributed by atoms with Crippen LogP contribution >= 0.6 is 47.8 Å². The second kappa shape index (κ2) is 10.6. The molecule has 0 unspecified atom stereocenters. The van der Waals surface area contributed by atoms with Crippen LogP contribution in [0.25, 0.3) is 0 Å². The molecule has 0 aliphatic rings. The Morgan fingerprint density at radius 3 is 2.34 bits per heavy atom. The van der Waals surface area contributed by atoms with Crippen molar-refractivity contribution in [3.63, 3.8) is 0 Å². The molecule has 0 bridgehead atoms. The number of hydrazone groups is 1. The van der Waals surface area contributed by atoms with E-state index in [1.807, 2.05) is 66.7 Å². The maximum Gasteiger partial charge on any atom is 0.259 e. The Labute approximate surface area is 193 Å². The minimum absolute atomic E-state index is 0.0767. The molecule has 148 valence electrons. The van der Waals surface area contributed by atoms with Gasteiger partial charge in [0.25, 0.3) is 5.91 Å². The van der Waals surface area contributed by atoms with Crippen molar-refractivity contribution in [2.75, 3.05) is 11.9 Å². The van der Waals surface area contributed by atoms with E-state index in [9.17, 15) is 4.79 Å². The van der Waals surface area contributed by atoms with Gasteiger partial charge in [0.2, 0.25) is 0 Å². The van der Waals surface area contributed by atoms with Crippen LogP contribution in [0, 0.1) is 0 Å². The summed E-state index contributed by atoms with van der Waals surface area (Å²) in [5.74, 6) is 1.18. The van der Waals surface area contributed by atoms with E-state index in [0.717, 1.165) is 30.4 Å². The van der Waals surface area contributed by atoms with E-state index in [-0.39, 0.29) is 12.5 Å². The van der Waals surface area contributed by atoms with Crippen molar-refractivity contribution in [3.8, 4) is 11.5 Å². The topological polar surface area (TPSA) is 62.7 Å². The van der Waals surface area contributed by atoms with E-state index in [2.05, 4.69) is 63.6 Å². The molecule has 3 aromatic rings. The van der Waals surface area contributed by atoms with Crippen LogP contribution in [0.5, 0.6) is 11.5 Å². The largest absolute Gasteiger partial charge is 0.457 e. The Kier molecular flexibility index (Phi) is 7.85. The lowest BCUT2D eigenvalue weighted by molar-refractivity contribution is -0.119. The molecule has 1 amide bonds. The lowest BCUT2D eigenvalue weighted by Gasteiger charge is -2.10. The quantitative estimate of drug-likeness (QED) is 0.253. The fourth-order valence-electron chi connectivity index (χ4n) is 2.38. The second-order valence-electron chi connectivity index (χ2n) is 5.88. The number of carbonyl (C=O) groups excluding carboxylic acids is 1. The third kappa shape index (κ3) is 6.69. The number of carbonyl (C=O) groups is 1. The molecule has 0 radical (unpaired) electrons. The van der Waals surface area contributed by atoms with Gasteiger partial charge in [-0.25, -0.2) is 5.43 Å². The van der Waals surface area contributed by atoms with Gasteiger partial charge in [-0.3, -0.25) is 4.79 Å². The van der Waals surface area contributed by atoms with Crippen LogP contribution in [0.1, 0.15) is 5.56 Å². The molecular weight excluding hydrogens is 566 g/mol. The molecule has 29 heavy (non-hydrogen) atoms. The standard InChI is InChI=1S/C21H16Br3N3O2/c22-15-10-18(23)21(19(24)11-15)25-13-20(28)27-26-12-14-5-4-8-17(9-14)29-16-6-2-1-3-7-16/h1-12,25H,13H2,(H,27,28). The first-order chi connectivity index (χ1) is 14.0. The lowest BCUT2D eigenvalue weighted by Crippen LogP contribution is -2.26. The molecule has 3 aromatic carbocycles. The minimum Gasteiger partial charge on any atom is -0.457 e. The fourth-order valence-corrected chi connectivity index (χ4v) is 4.92. The normalized spacial score (nSPS) is 10.7. The highest BCUT2D eigenvalue weighted by Gasteiger charge is 2.08. The van der Waals surface area contributed by atoms with Gasteiger partial charge in [0.1, 0.15) is 11.5 Å². The summed E-state index contributed by atoms with van der Waals surface area (Å²) in [5.41, 5.74) is 4.11. The molecule has 2 N–H and O–H groups in total. The van der Waals surface area contributed by atoms with Crippen molar-refractivity contribution in [3.05, 3.63) is 85.7 Å². The highest BCUT2D eigenvalue weighted by Crippen LogP contribution is 2.34. The van der Waals surface area contributed by atoms with E-state index >= 15 is 0 Å². The van der Waals surface area contributed by atoms with Crippen LogP contribution in [-0.4, -0.2) is 18.7 Å². The third-order valence-corrected chi connectivity index (χ3v) is 5.38. The van der Waals surface area contributed by atoms with Gasteiger partial charge in [-0.05, 0) is 73.8 Å². The summed E-state index contributed by atoms with van der Waals surface area (Å²) in [6, 6.07) is 20.8. The van der Waals surface area contributed by atoms with Gasteiger partial charge in [-0.15, -0.1) is 0 Å². The maximum atomic E-state index is 12.1. The number of ether oxygens (including phenoxy) is 1. The molecule has 5 nitrogen and oxygen atoms in total. The van der Waals surface area contributed by atoms with Crippen molar-refractivity contribution in [1.29, 1.82) is 0 Å². The fraction of sp³-hybridized carbons (Fsp3) is 0.0476. The molecule has 0 spiro atoms. The summed E-state index contributed by atoms with van der Waals surface area (Å²) >= 11 is 10.3. The van der Waals surface area contributed by atoms with E-state index < -0.39 is 0 Å². The van der Waals surface area contributed by atoms with Gasteiger partial charge in [-0.1, -0.05) is 46.3 Å². The number of anilines is 1. The molecule has 0 atom stereocenters. The number of hydrogen-bond donors (Lipinski definition) is 2. The second-order valence-corrected chi connectivity index (χ2v) is 8.50. The lowest BCUT2D eigenvalue weighted by atomic mass is 10.2. The van der Waals surface area contributed by atoms with E-state index in [0.29, 0.717) is 5.75 Å². The number of benzene rings is 3. The first-order valence-corrected chi connectivity index (χ1v) is 10.9. The molecule has 8 heteroatoms. The van der Waals surface area contributed by atoms with Crippen molar-refractivity contribution < 1.29 is 9.53 Å². The summed E-state index contributed by atoms with van der Waals surface area (Å²) in [6.45, 7) is 0.0767. The van der Waals surface area contributed by atoms with Crippen LogP contribution < -0.4 is 15.5 Å². The molecule has 0 fully saturated rings. The molecule has 0 aliphatic heterocycles. The third-order valence-electron chi connectivity index (χ3n) is 3.67. The van der Waals surface area contributed by atoms with Gasteiger partial charge in [0.15, 0.2) is 0 Å². The molecule has 3 rings (SSSR count). The molecule has 0 saturated carbocycles. The molecule has 0 aromatic heterocycles. The van der Waals surface area contributed by atoms with Gasteiger partial charge < -0.3 is 10.1 Å². The Balaban J connectivity index is 1.53. The molecule has 0 aliphatic carbocycles. The number of amides is 1. The van der Waals surface area contributed by atoms with Gasteiger partial charge in [0, 0.05) is 13.4 Å². The number of para-hydroxylation sites is 1. The average molecular weight is 582 g/mol. The summed E-state index contributed by atoms with van der Waals surface area (Å²) in [7, 11) is 0. The number of nitrogens with zero attached hydrogens (tertiary/aromatic N) is 1. The van der Waals surface area contributed by atoms with Crippen molar-refractivity contribution in [2.24, 2.45) is 5.10 Å². The Hall–Kier alpha value is -2.16. The van der Waals surface area contributed by atoms with Crippen LogP contribution in [0.2, 0.25) is 0 Å². The Morgan fingerprint density at radius 2 is 1.62 bits per heavy atom. The SMILES string of the molecule is O=C(CNc1c(Br)cc(Br)cc1Br)NN=Cc1cccc(Oc2ccccc2)c1. The zero-order valence-corrected chi connectivity index (χ0v) is 19.8. The van der Waals surface area contributed by atoms with Crippen molar-refractivity contribution in [1.82, 2.24) is 5.43 Å². The average Bonchev–Trinajstić information content (AvgIpc) is 2.68. The number of halogens is 3. The van der Waals surface area contributed by atoms with E-state index in [4.69, 9.17) is 4.74 Å².